The van der Waals surface area contributed by atoms with Crippen molar-refractivity contribution in [2.45, 2.75) is 0 Å². The van der Waals surface area contributed by atoms with E-state index in [0.717, 1.165) is 0 Å². The molecule has 0 saturated heterocycles. The van der Waals surface area contributed by atoms with Crippen molar-refractivity contribution >= 4 is 25.1 Å². The molecule has 0 aromatic heterocycles. The summed E-state index contributed by atoms with van der Waals surface area (Å²) in [6.45, 7) is 0. The number of benzene rings is 1. The second-order valence-electron chi connectivity index (χ2n) is 2.24. The van der Waals surface area contributed by atoms with Crippen molar-refractivity contribution in [2.24, 2.45) is 0 Å². The lowest BCUT2D eigenvalue weighted by molar-refractivity contribution is 0.187. The highest BCUT2D eigenvalue weighted by atomic mass is 16.5. The molecule has 0 unspecified atom stereocenters. The quantitative estimate of drug-likeness (QED) is 0.584. The predicted molar refractivity (Wildman–Crippen MR) is 55.1 cm³/mol. The molecule has 0 spiro atoms. The first kappa shape index (κ1) is 15.0. The molecular formula is C8H12BNO4. The lowest BCUT2D eigenvalue weighted by Gasteiger charge is -2.02. The average molecular weight is 197 g/mol. The first-order chi connectivity index (χ1) is 5.72. The molecule has 1 amide bonds. The Morgan fingerprint density at radius 3 is 2.21 bits per heavy atom. The third-order valence-corrected chi connectivity index (χ3v) is 1.34. The molecule has 0 saturated carbocycles. The first-order valence-corrected chi connectivity index (χ1v) is 3.43. The van der Waals surface area contributed by atoms with Gasteiger partial charge in [0.05, 0.1) is 7.11 Å². The van der Waals surface area contributed by atoms with Crippen LogP contribution in [0.15, 0.2) is 24.3 Å². The maximum Gasteiger partial charge on any atom is 0.411 e. The van der Waals surface area contributed by atoms with Gasteiger partial charge in [0, 0.05) is 5.69 Å². The summed E-state index contributed by atoms with van der Waals surface area (Å²) in [5.74, 6) is 0. The molecule has 5 N–H and O–H groups in total. The Labute approximate surface area is 83.1 Å². The third-order valence-electron chi connectivity index (χ3n) is 1.34. The number of carbonyl (C=O) groups is 1. The van der Waals surface area contributed by atoms with Gasteiger partial charge in [0.1, 0.15) is 7.85 Å². The van der Waals surface area contributed by atoms with Gasteiger partial charge in [-0.15, -0.1) is 0 Å². The third kappa shape index (κ3) is 4.49. The molecule has 6 heteroatoms. The van der Waals surface area contributed by atoms with Crippen molar-refractivity contribution in [1.29, 1.82) is 0 Å². The van der Waals surface area contributed by atoms with Gasteiger partial charge in [0.2, 0.25) is 0 Å². The number of carbonyl (C=O) groups excluding carboxylic acids is 1. The number of amides is 1. The van der Waals surface area contributed by atoms with E-state index in [0.29, 0.717) is 11.2 Å². The summed E-state index contributed by atoms with van der Waals surface area (Å²) in [6, 6.07) is 6.80. The van der Waals surface area contributed by atoms with Crippen LogP contribution in [0.2, 0.25) is 0 Å². The van der Waals surface area contributed by atoms with Crippen LogP contribution in [0.25, 0.3) is 0 Å². The summed E-state index contributed by atoms with van der Waals surface area (Å²) in [4.78, 5) is 10.7. The Kier molecular flexibility index (Phi) is 7.41. The second-order valence-corrected chi connectivity index (χ2v) is 2.24. The van der Waals surface area contributed by atoms with E-state index in [-0.39, 0.29) is 11.0 Å². The van der Waals surface area contributed by atoms with E-state index in [2.05, 4.69) is 10.1 Å². The minimum absolute atomic E-state index is 0. The van der Waals surface area contributed by atoms with E-state index >= 15 is 0 Å². The molecule has 5 nitrogen and oxygen atoms in total. The summed E-state index contributed by atoms with van der Waals surface area (Å²) in [5.41, 5.74) is 1.32. The zero-order chi connectivity index (χ0) is 8.97. The SMILES string of the molecule is O.O.[B]c1ccc(NC(=O)OC)cc1. The Morgan fingerprint density at radius 2 is 1.79 bits per heavy atom. The standard InChI is InChI=1S/C8H8BNO2.2H2O/c1-12-8(11)10-7-4-2-6(9)3-5-7;;/h2-5H,1H3,(H,10,11);2*1H2. The van der Waals surface area contributed by atoms with Crippen molar-refractivity contribution in [3.8, 4) is 0 Å². The van der Waals surface area contributed by atoms with Gasteiger partial charge in [-0.1, -0.05) is 17.6 Å². The molecule has 76 valence electrons. The minimum Gasteiger partial charge on any atom is -0.453 e. The van der Waals surface area contributed by atoms with Gasteiger partial charge in [0.25, 0.3) is 0 Å². The van der Waals surface area contributed by atoms with Gasteiger partial charge in [0.15, 0.2) is 0 Å². The molecule has 0 bridgehead atoms. The number of hydrogen-bond donors (Lipinski definition) is 1. The summed E-state index contributed by atoms with van der Waals surface area (Å²) in [5, 5.41) is 2.50. The average Bonchev–Trinajstić information content (AvgIpc) is 2.09. The number of anilines is 1. The molecule has 0 aliphatic heterocycles. The van der Waals surface area contributed by atoms with Crippen LogP contribution in [0.3, 0.4) is 0 Å². The number of hydrogen-bond acceptors (Lipinski definition) is 2. The number of methoxy groups -OCH3 is 1. The van der Waals surface area contributed by atoms with Crippen molar-refractivity contribution in [2.75, 3.05) is 12.4 Å². The smallest absolute Gasteiger partial charge is 0.411 e. The monoisotopic (exact) mass is 197 g/mol. The number of ether oxygens (including phenoxy) is 1. The molecule has 0 atom stereocenters. The van der Waals surface area contributed by atoms with E-state index < -0.39 is 6.09 Å². The Morgan fingerprint density at radius 1 is 1.29 bits per heavy atom. The number of rotatable bonds is 1. The normalized spacial score (nSPS) is 7.79. The van der Waals surface area contributed by atoms with E-state index in [4.69, 9.17) is 7.85 Å². The summed E-state index contributed by atoms with van der Waals surface area (Å²) in [7, 11) is 6.76. The lowest BCUT2D eigenvalue weighted by Crippen LogP contribution is -2.11. The van der Waals surface area contributed by atoms with Crippen molar-refractivity contribution in [1.82, 2.24) is 0 Å². The van der Waals surface area contributed by atoms with Gasteiger partial charge in [-0.3, -0.25) is 5.32 Å². The highest BCUT2D eigenvalue weighted by Crippen LogP contribution is 2.03. The summed E-state index contributed by atoms with van der Waals surface area (Å²) >= 11 is 0. The first-order valence-electron chi connectivity index (χ1n) is 3.43. The van der Waals surface area contributed by atoms with Crippen LogP contribution in [-0.4, -0.2) is 32.0 Å². The van der Waals surface area contributed by atoms with Crippen LogP contribution >= 0.6 is 0 Å². The van der Waals surface area contributed by atoms with Crippen LogP contribution in [-0.2, 0) is 4.74 Å². The fraction of sp³-hybridized carbons (Fsp3) is 0.125. The largest absolute Gasteiger partial charge is 0.453 e. The zero-order valence-electron chi connectivity index (χ0n) is 7.70. The van der Waals surface area contributed by atoms with Crippen molar-refractivity contribution in [3.05, 3.63) is 24.3 Å². The molecule has 0 fully saturated rings. The van der Waals surface area contributed by atoms with Crippen LogP contribution in [0.4, 0.5) is 10.5 Å². The summed E-state index contributed by atoms with van der Waals surface area (Å²) in [6.07, 6.45) is -0.486. The second kappa shape index (κ2) is 6.93. The van der Waals surface area contributed by atoms with Crippen LogP contribution < -0.4 is 10.8 Å². The molecule has 1 aromatic rings. The highest BCUT2D eigenvalue weighted by molar-refractivity contribution is 6.32. The van der Waals surface area contributed by atoms with Crippen molar-refractivity contribution < 1.29 is 20.5 Å². The fourth-order valence-electron chi connectivity index (χ4n) is 0.735. The molecule has 1 aromatic carbocycles. The zero-order valence-corrected chi connectivity index (χ0v) is 7.70. The van der Waals surface area contributed by atoms with Crippen LogP contribution in [0.5, 0.6) is 0 Å². The van der Waals surface area contributed by atoms with Crippen LogP contribution in [0.1, 0.15) is 0 Å². The minimum atomic E-state index is -0.486. The molecule has 2 radical (unpaired) electrons. The molecule has 1 rings (SSSR count). The van der Waals surface area contributed by atoms with Gasteiger partial charge in [-0.05, 0) is 12.1 Å². The Balaban J connectivity index is 0. The highest BCUT2D eigenvalue weighted by Gasteiger charge is 1.97. The molecule has 14 heavy (non-hydrogen) atoms. The molecule has 0 heterocycles. The van der Waals surface area contributed by atoms with E-state index in [9.17, 15) is 4.79 Å². The van der Waals surface area contributed by atoms with Crippen LogP contribution in [0, 0.1) is 0 Å². The van der Waals surface area contributed by atoms with Gasteiger partial charge in [-0.2, -0.15) is 0 Å². The number of nitrogens with one attached hydrogen (secondary N) is 1. The molecule has 0 aliphatic rings. The Hall–Kier alpha value is -1.53. The maximum atomic E-state index is 10.7. The Bertz CT molecular complexity index is 275. The summed E-state index contributed by atoms with van der Waals surface area (Å²) < 4.78 is 4.40. The topological polar surface area (TPSA) is 101 Å². The molecule has 0 aliphatic carbocycles. The van der Waals surface area contributed by atoms with E-state index in [1.807, 2.05) is 0 Å². The lowest BCUT2D eigenvalue weighted by atomic mass is 9.96. The van der Waals surface area contributed by atoms with E-state index in [1.165, 1.54) is 7.11 Å². The maximum absolute atomic E-state index is 10.7. The van der Waals surface area contributed by atoms with Crippen molar-refractivity contribution in [3.63, 3.8) is 0 Å². The molecular weight excluding hydrogens is 185 g/mol. The predicted octanol–water partition coefficient (Wildman–Crippen LogP) is -0.991. The van der Waals surface area contributed by atoms with E-state index in [1.54, 1.807) is 24.3 Å². The van der Waals surface area contributed by atoms with Gasteiger partial charge < -0.3 is 15.7 Å². The fourth-order valence-corrected chi connectivity index (χ4v) is 0.735. The van der Waals surface area contributed by atoms with Gasteiger partial charge in [-0.25, -0.2) is 4.79 Å². The van der Waals surface area contributed by atoms with Gasteiger partial charge >= 0.3 is 6.09 Å².